The number of likely N-dealkylation sites (tertiary alicyclic amines) is 1. The zero-order chi connectivity index (χ0) is 18.3. The molecule has 2 aliphatic rings. The van der Waals surface area contributed by atoms with Crippen LogP contribution in [0.15, 0.2) is 29.1 Å². The molecule has 1 aliphatic heterocycles. The van der Waals surface area contributed by atoms with E-state index in [2.05, 4.69) is 41.1 Å². The van der Waals surface area contributed by atoms with E-state index in [1.165, 1.54) is 11.1 Å². The minimum Gasteiger partial charge on any atom is -0.348 e. The highest BCUT2D eigenvalue weighted by Gasteiger charge is 2.44. The Kier molecular flexibility index (Phi) is 4.35. The number of nitrogens with zero attached hydrogens (tertiary/aromatic N) is 3. The van der Waals surface area contributed by atoms with E-state index in [0.29, 0.717) is 5.95 Å². The molecule has 26 heavy (non-hydrogen) atoms. The lowest BCUT2D eigenvalue weighted by Crippen LogP contribution is -2.45. The Morgan fingerprint density at radius 1 is 1.23 bits per heavy atom. The van der Waals surface area contributed by atoms with Crippen molar-refractivity contribution in [2.24, 2.45) is 0 Å². The summed E-state index contributed by atoms with van der Waals surface area (Å²) in [7, 11) is 3.85. The van der Waals surface area contributed by atoms with Crippen molar-refractivity contribution in [1.82, 2.24) is 14.9 Å². The largest absolute Gasteiger partial charge is 0.348 e. The number of aromatic amines is 1. The molecule has 1 aromatic heterocycles. The van der Waals surface area contributed by atoms with Crippen molar-refractivity contribution in [1.29, 1.82) is 0 Å². The number of piperidine rings is 1. The minimum absolute atomic E-state index is 0.0390. The number of hydrogen-bond donors (Lipinski definition) is 1. The molecule has 1 unspecified atom stereocenters. The molecule has 1 aliphatic carbocycles. The monoisotopic (exact) mass is 352 g/mol. The Balaban J connectivity index is 1.62. The number of anilines is 1. The molecule has 1 atom stereocenters. The first-order chi connectivity index (χ1) is 12.5. The van der Waals surface area contributed by atoms with E-state index in [9.17, 15) is 4.79 Å². The molecule has 1 spiro atoms. The normalized spacial score (nSPS) is 22.6. The lowest BCUT2D eigenvalue weighted by Gasteiger charge is -2.40. The highest BCUT2D eigenvalue weighted by molar-refractivity contribution is 5.39. The first-order valence-electron chi connectivity index (χ1n) is 9.56. The van der Waals surface area contributed by atoms with Crippen molar-refractivity contribution in [2.75, 3.05) is 32.1 Å². The van der Waals surface area contributed by atoms with Gasteiger partial charge in [-0.15, -0.1) is 0 Å². The van der Waals surface area contributed by atoms with E-state index < -0.39 is 0 Å². The van der Waals surface area contributed by atoms with E-state index in [1.54, 1.807) is 0 Å². The van der Waals surface area contributed by atoms with Gasteiger partial charge >= 0.3 is 0 Å². The van der Waals surface area contributed by atoms with Crippen LogP contribution in [0.2, 0.25) is 0 Å². The van der Waals surface area contributed by atoms with Gasteiger partial charge in [-0.3, -0.25) is 14.7 Å². The predicted molar refractivity (Wildman–Crippen MR) is 105 cm³/mol. The molecular formula is C21H28N4O. The molecular weight excluding hydrogens is 324 g/mol. The molecule has 0 saturated carbocycles. The van der Waals surface area contributed by atoms with Gasteiger partial charge in [-0.05, 0) is 44.7 Å². The van der Waals surface area contributed by atoms with E-state index >= 15 is 0 Å². The summed E-state index contributed by atoms with van der Waals surface area (Å²) in [4.78, 5) is 24.8. The summed E-state index contributed by atoms with van der Waals surface area (Å²) in [6.45, 7) is 5.22. The fraction of sp³-hybridized carbons (Fsp3) is 0.524. The zero-order valence-electron chi connectivity index (χ0n) is 16.0. The van der Waals surface area contributed by atoms with Crippen LogP contribution in [-0.2, 0) is 18.4 Å². The molecule has 1 aromatic carbocycles. The summed E-state index contributed by atoms with van der Waals surface area (Å²) >= 11 is 0. The molecule has 5 heteroatoms. The highest BCUT2D eigenvalue weighted by atomic mass is 16.1. The second kappa shape index (κ2) is 6.54. The van der Waals surface area contributed by atoms with Gasteiger partial charge in [0, 0.05) is 38.2 Å². The first-order valence-corrected chi connectivity index (χ1v) is 9.56. The van der Waals surface area contributed by atoms with Crippen molar-refractivity contribution in [3.05, 3.63) is 57.0 Å². The topological polar surface area (TPSA) is 52.2 Å². The predicted octanol–water partition coefficient (Wildman–Crippen LogP) is 2.62. The first kappa shape index (κ1) is 17.3. The molecule has 1 saturated heterocycles. The summed E-state index contributed by atoms with van der Waals surface area (Å²) < 4.78 is 0. The van der Waals surface area contributed by atoms with E-state index in [0.717, 1.165) is 56.6 Å². The number of benzene rings is 1. The minimum atomic E-state index is 0.0390. The maximum atomic E-state index is 12.5. The van der Waals surface area contributed by atoms with E-state index in [1.807, 2.05) is 19.0 Å². The number of aryl methyl sites for hydroxylation is 1. The Morgan fingerprint density at radius 2 is 2.00 bits per heavy atom. The molecule has 0 bridgehead atoms. The molecule has 2 aromatic rings. The average Bonchev–Trinajstić information content (AvgIpc) is 2.96. The lowest BCUT2D eigenvalue weighted by atomic mass is 9.77. The van der Waals surface area contributed by atoms with Gasteiger partial charge in [0.15, 0.2) is 0 Å². The van der Waals surface area contributed by atoms with Crippen LogP contribution < -0.4 is 10.5 Å². The van der Waals surface area contributed by atoms with Gasteiger partial charge in [0.05, 0.1) is 5.69 Å². The van der Waals surface area contributed by atoms with Crippen LogP contribution in [0.5, 0.6) is 0 Å². The standard InChI is InChI=1S/C21H28N4O/c1-15-5-7-16(8-6-15)13-25-12-4-10-21(14-25)11-9-17-18(21)22-20(24(2)3)23-19(17)26/h5-8H,4,9-14H2,1-3H3,(H,22,23,26). The Morgan fingerprint density at radius 3 is 2.73 bits per heavy atom. The number of hydrogen-bond acceptors (Lipinski definition) is 4. The molecule has 2 heterocycles. The SMILES string of the molecule is Cc1ccc(CN2CCCC3(CCc4c3nc(N(C)C)[nH]c4=O)C2)cc1. The lowest BCUT2D eigenvalue weighted by molar-refractivity contribution is 0.137. The Labute approximate surface area is 155 Å². The molecule has 138 valence electrons. The van der Waals surface area contributed by atoms with Gasteiger partial charge in [-0.1, -0.05) is 29.8 Å². The van der Waals surface area contributed by atoms with Gasteiger partial charge in [0.1, 0.15) is 0 Å². The van der Waals surface area contributed by atoms with Crippen molar-refractivity contribution < 1.29 is 0 Å². The highest BCUT2D eigenvalue weighted by Crippen LogP contribution is 2.43. The second-order valence-electron chi connectivity index (χ2n) is 8.19. The number of fused-ring (bicyclic) bond motifs is 2. The summed E-state index contributed by atoms with van der Waals surface area (Å²) in [5, 5.41) is 0. The van der Waals surface area contributed by atoms with Crippen LogP contribution in [0.25, 0.3) is 0 Å². The van der Waals surface area contributed by atoms with Crippen LogP contribution in [0.1, 0.15) is 41.6 Å². The van der Waals surface area contributed by atoms with Gasteiger partial charge in [0.2, 0.25) is 5.95 Å². The third kappa shape index (κ3) is 3.05. The molecule has 1 N–H and O–H groups in total. The van der Waals surface area contributed by atoms with E-state index in [-0.39, 0.29) is 11.0 Å². The third-order valence-corrected chi connectivity index (χ3v) is 5.97. The number of nitrogens with one attached hydrogen (secondary N) is 1. The average molecular weight is 352 g/mol. The van der Waals surface area contributed by atoms with Crippen molar-refractivity contribution in [3.8, 4) is 0 Å². The Hall–Kier alpha value is -2.14. The second-order valence-corrected chi connectivity index (χ2v) is 8.19. The zero-order valence-corrected chi connectivity index (χ0v) is 16.0. The fourth-order valence-corrected chi connectivity index (χ4v) is 4.56. The van der Waals surface area contributed by atoms with Gasteiger partial charge in [-0.25, -0.2) is 4.98 Å². The van der Waals surface area contributed by atoms with Crippen molar-refractivity contribution >= 4 is 5.95 Å². The van der Waals surface area contributed by atoms with E-state index in [4.69, 9.17) is 4.98 Å². The summed E-state index contributed by atoms with van der Waals surface area (Å²) in [5.74, 6) is 0.672. The van der Waals surface area contributed by atoms with Crippen LogP contribution in [0.4, 0.5) is 5.95 Å². The van der Waals surface area contributed by atoms with Gasteiger partial charge in [-0.2, -0.15) is 0 Å². The number of H-pyrrole nitrogens is 1. The Bertz CT molecular complexity index is 855. The van der Waals surface area contributed by atoms with Crippen LogP contribution in [0, 0.1) is 6.92 Å². The summed E-state index contributed by atoms with van der Waals surface area (Å²) in [6, 6.07) is 8.83. The summed E-state index contributed by atoms with van der Waals surface area (Å²) in [6.07, 6.45) is 4.19. The fourth-order valence-electron chi connectivity index (χ4n) is 4.56. The molecule has 4 rings (SSSR count). The molecule has 0 radical (unpaired) electrons. The molecule has 0 amide bonds. The van der Waals surface area contributed by atoms with Gasteiger partial charge in [0.25, 0.3) is 5.56 Å². The van der Waals surface area contributed by atoms with Crippen molar-refractivity contribution in [2.45, 2.75) is 44.6 Å². The maximum absolute atomic E-state index is 12.5. The maximum Gasteiger partial charge on any atom is 0.255 e. The summed E-state index contributed by atoms with van der Waals surface area (Å²) in [5.41, 5.74) is 4.71. The van der Waals surface area contributed by atoms with Gasteiger partial charge < -0.3 is 4.90 Å². The molecule has 1 fully saturated rings. The molecule has 5 nitrogen and oxygen atoms in total. The van der Waals surface area contributed by atoms with Crippen molar-refractivity contribution in [3.63, 3.8) is 0 Å². The van der Waals surface area contributed by atoms with Crippen LogP contribution in [0.3, 0.4) is 0 Å². The third-order valence-electron chi connectivity index (χ3n) is 5.97. The van der Waals surface area contributed by atoms with Crippen LogP contribution >= 0.6 is 0 Å². The van der Waals surface area contributed by atoms with Crippen LogP contribution in [-0.4, -0.2) is 42.1 Å². The quantitative estimate of drug-likeness (QED) is 0.923. The number of aromatic nitrogens is 2. The smallest absolute Gasteiger partial charge is 0.255 e. The number of rotatable bonds is 3.